The molecule has 3 aromatic rings. The third kappa shape index (κ3) is 7.08. The number of anilines is 1. The van der Waals surface area contributed by atoms with E-state index in [-0.39, 0.29) is 36.3 Å². The van der Waals surface area contributed by atoms with Crippen molar-refractivity contribution in [1.82, 2.24) is 10.2 Å². The summed E-state index contributed by atoms with van der Waals surface area (Å²) in [6.07, 6.45) is 7.55. The Kier molecular flexibility index (Phi) is 9.46. The maximum Gasteiger partial charge on any atom is 0.319 e. The van der Waals surface area contributed by atoms with Crippen LogP contribution in [0.3, 0.4) is 0 Å². The molecule has 2 amide bonds. The molecule has 6 fully saturated rings. The molecule has 0 unspecified atom stereocenters. The van der Waals surface area contributed by atoms with Crippen LogP contribution in [0.25, 0.3) is 0 Å². The fourth-order valence-electron chi connectivity index (χ4n) is 10.2. The SMILES string of the molecule is C[C@H]1[C@@H](CN2CCC(O)(c3ccc(Cl)cc3)CC2)O[C@@H](c2cccc(NC(=O)NC34CC5CC(CC(C5)C3)C4)c2)O[C@H]1c1ccc(CO)cc1. The number of nitrogens with one attached hydrogen (secondary N) is 2. The minimum atomic E-state index is -0.877. The molecular weight excluding hydrogens is 650 g/mol. The van der Waals surface area contributed by atoms with E-state index in [4.69, 9.17) is 21.1 Å². The minimum Gasteiger partial charge on any atom is -0.392 e. The van der Waals surface area contributed by atoms with E-state index in [1.807, 2.05) is 72.8 Å². The minimum absolute atomic E-state index is 0.0106. The summed E-state index contributed by atoms with van der Waals surface area (Å²) < 4.78 is 13.5. The molecule has 3 aromatic carbocycles. The van der Waals surface area contributed by atoms with E-state index in [2.05, 4.69) is 22.5 Å². The van der Waals surface area contributed by atoms with Gasteiger partial charge in [-0.1, -0.05) is 67.1 Å². The molecule has 4 atom stereocenters. The number of aliphatic hydroxyl groups is 2. The Labute approximate surface area is 300 Å². The van der Waals surface area contributed by atoms with Gasteiger partial charge in [-0.3, -0.25) is 0 Å². The second-order valence-electron chi connectivity index (χ2n) is 16.1. The number of aliphatic hydroxyl groups excluding tert-OH is 1. The number of hydrogen-bond acceptors (Lipinski definition) is 6. The van der Waals surface area contributed by atoms with Gasteiger partial charge in [0, 0.05) is 47.4 Å². The standard InChI is InChI=1S/C41H50ClN3O5/c1-26-36(24-45-15-13-41(48,14-16-45)33-9-11-34(42)12-10-33)49-38(50-37(26)31-7-5-27(25-46)6-8-31)32-3-2-4-35(20-32)43-39(47)44-40-21-28-17-29(22-40)19-30(18-28)23-40/h2-12,20,26,28-30,36-38,46,48H,13-19,21-25H2,1H3,(H2,43,44,47)/t26-,28?,29?,30?,36+,37+,38+,40?/m0/s1. The molecule has 9 heteroatoms. The Balaban J connectivity index is 0.972. The molecule has 6 aliphatic rings. The number of ether oxygens (including phenoxy) is 2. The van der Waals surface area contributed by atoms with Crippen LogP contribution in [0.4, 0.5) is 10.5 Å². The van der Waals surface area contributed by atoms with Crippen molar-refractivity contribution < 1.29 is 24.5 Å². The fraction of sp³-hybridized carbons (Fsp3) is 0.537. The van der Waals surface area contributed by atoms with Gasteiger partial charge in [0.1, 0.15) is 0 Å². The third-order valence-corrected chi connectivity index (χ3v) is 12.7. The first-order valence-corrected chi connectivity index (χ1v) is 18.9. The Bertz CT molecular complexity index is 1620. The van der Waals surface area contributed by atoms with Gasteiger partial charge in [-0.05, 0) is 110 Å². The molecule has 2 aliphatic heterocycles. The van der Waals surface area contributed by atoms with Gasteiger partial charge in [0.15, 0.2) is 6.29 Å². The highest BCUT2D eigenvalue weighted by Gasteiger charge is 2.51. The van der Waals surface area contributed by atoms with Crippen LogP contribution in [0.5, 0.6) is 0 Å². The van der Waals surface area contributed by atoms with E-state index in [0.29, 0.717) is 30.1 Å². The van der Waals surface area contributed by atoms with Crippen LogP contribution in [0.15, 0.2) is 72.8 Å². The number of piperidine rings is 1. The predicted octanol–water partition coefficient (Wildman–Crippen LogP) is 7.70. The van der Waals surface area contributed by atoms with E-state index in [1.165, 1.54) is 19.3 Å². The quantitative estimate of drug-likeness (QED) is 0.192. The lowest BCUT2D eigenvalue weighted by Gasteiger charge is -2.56. The summed E-state index contributed by atoms with van der Waals surface area (Å²) in [5, 5.41) is 28.4. The van der Waals surface area contributed by atoms with Crippen LogP contribution in [-0.4, -0.2) is 52.4 Å². The summed E-state index contributed by atoms with van der Waals surface area (Å²) in [6, 6.07) is 23.2. The highest BCUT2D eigenvalue weighted by atomic mass is 35.5. The molecule has 266 valence electrons. The summed E-state index contributed by atoms with van der Waals surface area (Å²) in [5.74, 6) is 2.31. The van der Waals surface area contributed by atoms with E-state index >= 15 is 0 Å². The van der Waals surface area contributed by atoms with E-state index in [9.17, 15) is 15.0 Å². The number of urea groups is 1. The second kappa shape index (κ2) is 13.9. The molecule has 4 aliphatic carbocycles. The fourth-order valence-corrected chi connectivity index (χ4v) is 10.3. The summed E-state index contributed by atoms with van der Waals surface area (Å²) in [4.78, 5) is 15.8. The van der Waals surface area contributed by atoms with Gasteiger partial charge < -0.3 is 35.2 Å². The van der Waals surface area contributed by atoms with Gasteiger partial charge in [0.05, 0.1) is 24.4 Å². The van der Waals surface area contributed by atoms with E-state index in [1.54, 1.807) is 0 Å². The zero-order valence-corrected chi connectivity index (χ0v) is 29.7. The Hall–Kier alpha value is -2.98. The van der Waals surface area contributed by atoms with Crippen LogP contribution in [0, 0.1) is 23.7 Å². The highest BCUT2D eigenvalue weighted by molar-refractivity contribution is 6.30. The second-order valence-corrected chi connectivity index (χ2v) is 16.5. The number of carbonyl (C=O) groups excluding carboxylic acids is 1. The largest absolute Gasteiger partial charge is 0.392 e. The van der Waals surface area contributed by atoms with E-state index < -0.39 is 11.9 Å². The van der Waals surface area contributed by atoms with Gasteiger partial charge in [0.2, 0.25) is 0 Å². The number of benzene rings is 3. The lowest BCUT2D eigenvalue weighted by atomic mass is 9.53. The summed E-state index contributed by atoms with van der Waals surface area (Å²) in [7, 11) is 0. The van der Waals surface area contributed by atoms with Crippen molar-refractivity contribution in [3.63, 3.8) is 0 Å². The van der Waals surface area contributed by atoms with Crippen LogP contribution in [0.2, 0.25) is 5.02 Å². The molecule has 2 heterocycles. The van der Waals surface area contributed by atoms with Crippen molar-refractivity contribution in [3.8, 4) is 0 Å². The van der Waals surface area contributed by atoms with Gasteiger partial charge >= 0.3 is 6.03 Å². The Morgan fingerprint density at radius 2 is 1.56 bits per heavy atom. The Morgan fingerprint density at radius 1 is 0.900 bits per heavy atom. The number of carbonyl (C=O) groups is 1. The molecule has 4 saturated carbocycles. The van der Waals surface area contributed by atoms with Gasteiger partial charge in [-0.15, -0.1) is 0 Å². The number of halogens is 1. The van der Waals surface area contributed by atoms with Gasteiger partial charge in [0.25, 0.3) is 0 Å². The van der Waals surface area contributed by atoms with Crippen LogP contribution in [0.1, 0.15) is 92.9 Å². The third-order valence-electron chi connectivity index (χ3n) is 12.5. The van der Waals surface area contributed by atoms with Crippen LogP contribution < -0.4 is 10.6 Å². The summed E-state index contributed by atoms with van der Waals surface area (Å²) in [5.41, 5.74) is 3.42. The van der Waals surface area contributed by atoms with Crippen molar-refractivity contribution in [2.75, 3.05) is 25.0 Å². The highest BCUT2D eigenvalue weighted by Crippen LogP contribution is 2.55. The molecule has 50 heavy (non-hydrogen) atoms. The monoisotopic (exact) mass is 699 g/mol. The molecule has 4 N–H and O–H groups in total. The molecule has 0 radical (unpaired) electrons. The van der Waals surface area contributed by atoms with E-state index in [0.717, 1.165) is 72.4 Å². The zero-order valence-electron chi connectivity index (χ0n) is 28.9. The lowest BCUT2D eigenvalue weighted by Crippen LogP contribution is -2.60. The van der Waals surface area contributed by atoms with Crippen LogP contribution >= 0.6 is 11.6 Å². The molecular formula is C41H50ClN3O5. The molecule has 2 saturated heterocycles. The van der Waals surface area contributed by atoms with Crippen molar-refractivity contribution in [2.24, 2.45) is 23.7 Å². The molecule has 9 rings (SSSR count). The van der Waals surface area contributed by atoms with Crippen LogP contribution in [-0.2, 0) is 21.7 Å². The summed E-state index contributed by atoms with van der Waals surface area (Å²) in [6.45, 7) is 4.35. The average molecular weight is 700 g/mol. The van der Waals surface area contributed by atoms with Gasteiger partial charge in [-0.25, -0.2) is 4.79 Å². The van der Waals surface area contributed by atoms with Crippen molar-refractivity contribution in [3.05, 3.63) is 100 Å². The first kappa shape index (κ1) is 34.1. The van der Waals surface area contributed by atoms with Crippen molar-refractivity contribution in [2.45, 2.75) is 94.5 Å². The number of nitrogens with zero attached hydrogens (tertiary/aromatic N) is 1. The maximum atomic E-state index is 13.4. The van der Waals surface area contributed by atoms with Gasteiger partial charge in [-0.2, -0.15) is 0 Å². The predicted molar refractivity (Wildman–Crippen MR) is 193 cm³/mol. The van der Waals surface area contributed by atoms with Crippen molar-refractivity contribution >= 4 is 23.3 Å². The molecule has 8 nitrogen and oxygen atoms in total. The summed E-state index contributed by atoms with van der Waals surface area (Å²) >= 11 is 6.11. The normalized spacial score (nSPS) is 33.2. The smallest absolute Gasteiger partial charge is 0.319 e. The average Bonchev–Trinajstić information content (AvgIpc) is 3.10. The zero-order chi connectivity index (χ0) is 34.5. The number of hydrogen-bond donors (Lipinski definition) is 4. The first-order chi connectivity index (χ1) is 24.2. The molecule has 4 bridgehead atoms. The first-order valence-electron chi connectivity index (χ1n) is 18.6. The number of amides is 2. The topological polar surface area (TPSA) is 103 Å². The molecule has 0 aromatic heterocycles. The number of likely N-dealkylation sites (tertiary alicyclic amines) is 1. The molecule has 0 spiro atoms. The van der Waals surface area contributed by atoms with Crippen molar-refractivity contribution in [1.29, 1.82) is 0 Å². The number of rotatable bonds is 8. The maximum absolute atomic E-state index is 13.4. The Morgan fingerprint density at radius 3 is 2.20 bits per heavy atom. The lowest BCUT2D eigenvalue weighted by molar-refractivity contribution is -0.277.